The van der Waals surface area contributed by atoms with Gasteiger partial charge in [0.05, 0.1) is 19.3 Å². The molecule has 8 heteroatoms. The molecule has 0 aromatic rings. The molecule has 2 heterocycles. The maximum Gasteiger partial charge on any atom is 0.364 e. The molecule has 1 saturated heterocycles. The fourth-order valence-electron chi connectivity index (χ4n) is 1.61. The molecule has 2 aliphatic heterocycles. The molecule has 0 bridgehead atoms. The Bertz CT molecular complexity index is 466. The van der Waals surface area contributed by atoms with Crippen molar-refractivity contribution in [1.82, 2.24) is 9.21 Å². The van der Waals surface area contributed by atoms with Gasteiger partial charge in [0, 0.05) is 18.9 Å². The molecule has 0 radical (unpaired) electrons. The van der Waals surface area contributed by atoms with Crippen molar-refractivity contribution < 1.29 is 17.3 Å². The van der Waals surface area contributed by atoms with E-state index >= 15 is 0 Å². The van der Waals surface area contributed by atoms with E-state index in [0.29, 0.717) is 19.6 Å². The summed E-state index contributed by atoms with van der Waals surface area (Å²) >= 11 is 0. The van der Waals surface area contributed by atoms with Crippen molar-refractivity contribution in [2.45, 2.75) is 25.6 Å². The Morgan fingerprint density at radius 2 is 2.28 bits per heavy atom. The quantitative estimate of drug-likeness (QED) is 0.633. The Hall–Kier alpha value is -1.30. The van der Waals surface area contributed by atoms with Crippen LogP contribution >= 0.6 is 0 Å². The maximum atomic E-state index is 11.9. The van der Waals surface area contributed by atoms with Crippen molar-refractivity contribution in [3.8, 4) is 6.07 Å². The van der Waals surface area contributed by atoms with Crippen LogP contribution in [0.5, 0.6) is 0 Å². The summed E-state index contributed by atoms with van der Waals surface area (Å²) in [5.74, 6) is 0. The smallest absolute Gasteiger partial charge is 0.364 e. The molecule has 0 aromatic heterocycles. The predicted octanol–water partition coefficient (Wildman–Crippen LogP) is -0.00492. The third-order valence-electron chi connectivity index (χ3n) is 2.59. The second kappa shape index (κ2) is 5.14. The summed E-state index contributed by atoms with van der Waals surface area (Å²) in [5.41, 5.74) is 0. The fourth-order valence-corrected chi connectivity index (χ4v) is 2.72. The monoisotopic (exact) mass is 273 g/mol. The molecule has 0 spiro atoms. The molecular weight excluding hydrogens is 258 g/mol. The van der Waals surface area contributed by atoms with Gasteiger partial charge in [-0.25, -0.2) is 4.31 Å². The average molecular weight is 273 g/mol. The van der Waals surface area contributed by atoms with Crippen LogP contribution in [0.15, 0.2) is 12.4 Å². The first-order valence-electron chi connectivity index (χ1n) is 5.71. The van der Waals surface area contributed by atoms with Crippen molar-refractivity contribution in [2.24, 2.45) is 0 Å². The van der Waals surface area contributed by atoms with Crippen molar-refractivity contribution in [2.75, 3.05) is 19.8 Å². The minimum atomic E-state index is -3.89. The van der Waals surface area contributed by atoms with E-state index < -0.39 is 16.5 Å². The first-order chi connectivity index (χ1) is 8.58. The number of hydrogen-bond donors (Lipinski definition) is 0. The number of ether oxygens (including phenoxy) is 1. The average Bonchev–Trinajstić information content (AvgIpc) is 3.04. The highest BCUT2D eigenvalue weighted by molar-refractivity contribution is 7.84. The minimum absolute atomic E-state index is 0.0877. The Labute approximate surface area is 106 Å². The van der Waals surface area contributed by atoms with Gasteiger partial charge in [-0.3, -0.25) is 4.18 Å². The molecule has 2 atom stereocenters. The molecule has 18 heavy (non-hydrogen) atoms. The molecule has 0 aromatic carbocycles. The Morgan fingerprint density at radius 1 is 1.56 bits per heavy atom. The van der Waals surface area contributed by atoms with E-state index in [1.54, 1.807) is 11.1 Å². The molecule has 7 nitrogen and oxygen atoms in total. The van der Waals surface area contributed by atoms with Gasteiger partial charge in [0.15, 0.2) is 0 Å². The van der Waals surface area contributed by atoms with Gasteiger partial charge in [0.1, 0.15) is 6.07 Å². The summed E-state index contributed by atoms with van der Waals surface area (Å²) in [6, 6.07) is 1.95. The van der Waals surface area contributed by atoms with Crippen LogP contribution in [-0.2, 0) is 19.2 Å². The van der Waals surface area contributed by atoms with Gasteiger partial charge in [-0.05, 0) is 6.42 Å². The first-order valence-corrected chi connectivity index (χ1v) is 7.08. The zero-order chi connectivity index (χ0) is 13.2. The Kier molecular flexibility index (Phi) is 3.75. The normalized spacial score (nSPS) is 26.4. The lowest BCUT2D eigenvalue weighted by Gasteiger charge is -2.25. The summed E-state index contributed by atoms with van der Waals surface area (Å²) in [4.78, 5) is 1.63. The van der Waals surface area contributed by atoms with Crippen LogP contribution in [0.25, 0.3) is 0 Å². The number of epoxide rings is 1. The largest absolute Gasteiger partial charge is 0.371 e. The third-order valence-corrected chi connectivity index (χ3v) is 3.89. The van der Waals surface area contributed by atoms with E-state index in [1.165, 1.54) is 6.20 Å². The topological polar surface area (TPSA) is 86.2 Å². The van der Waals surface area contributed by atoms with Gasteiger partial charge in [-0.1, -0.05) is 6.92 Å². The summed E-state index contributed by atoms with van der Waals surface area (Å²) < 4.78 is 34.5. The molecule has 0 N–H and O–H groups in total. The predicted molar refractivity (Wildman–Crippen MR) is 62.0 cm³/mol. The SMILES string of the molecule is CCCOS(=O)(=O)N1C=CN(CC2CO2)C1C#N. The summed E-state index contributed by atoms with van der Waals surface area (Å²) in [5, 5.41) is 9.09. The molecular formula is C10H15N3O4S. The van der Waals surface area contributed by atoms with E-state index in [-0.39, 0.29) is 12.7 Å². The van der Waals surface area contributed by atoms with Crippen LogP contribution in [0.4, 0.5) is 0 Å². The van der Waals surface area contributed by atoms with E-state index in [4.69, 9.17) is 14.2 Å². The van der Waals surface area contributed by atoms with E-state index in [2.05, 4.69) is 0 Å². The van der Waals surface area contributed by atoms with Gasteiger partial charge in [-0.15, -0.1) is 0 Å². The Morgan fingerprint density at radius 3 is 2.83 bits per heavy atom. The number of hydrogen-bond acceptors (Lipinski definition) is 6. The summed E-state index contributed by atoms with van der Waals surface area (Å²) in [6.45, 7) is 3.08. The maximum absolute atomic E-state index is 11.9. The second-order valence-corrected chi connectivity index (χ2v) is 5.58. The van der Waals surface area contributed by atoms with Crippen molar-refractivity contribution in [1.29, 1.82) is 5.26 Å². The molecule has 0 amide bonds. The van der Waals surface area contributed by atoms with Crippen LogP contribution in [-0.4, -0.2) is 49.7 Å². The molecule has 2 aliphatic rings. The van der Waals surface area contributed by atoms with Crippen LogP contribution < -0.4 is 0 Å². The van der Waals surface area contributed by atoms with Gasteiger partial charge < -0.3 is 9.64 Å². The van der Waals surface area contributed by atoms with Crippen molar-refractivity contribution in [3.05, 3.63) is 12.4 Å². The number of nitriles is 1. The lowest BCUT2D eigenvalue weighted by atomic mass is 10.4. The zero-order valence-electron chi connectivity index (χ0n) is 10.0. The summed E-state index contributed by atoms with van der Waals surface area (Å²) in [6.07, 6.45) is 2.71. The molecule has 0 saturated carbocycles. The van der Waals surface area contributed by atoms with Crippen molar-refractivity contribution in [3.63, 3.8) is 0 Å². The minimum Gasteiger partial charge on any atom is -0.371 e. The van der Waals surface area contributed by atoms with Gasteiger partial charge >= 0.3 is 10.3 Å². The van der Waals surface area contributed by atoms with Gasteiger partial charge in [0.25, 0.3) is 0 Å². The zero-order valence-corrected chi connectivity index (χ0v) is 10.8. The number of rotatable bonds is 6. The van der Waals surface area contributed by atoms with Crippen LogP contribution in [0, 0.1) is 11.3 Å². The molecule has 0 aliphatic carbocycles. The van der Waals surface area contributed by atoms with Gasteiger partial charge in [-0.2, -0.15) is 13.7 Å². The van der Waals surface area contributed by atoms with E-state index in [0.717, 1.165) is 4.31 Å². The van der Waals surface area contributed by atoms with E-state index in [9.17, 15) is 8.42 Å². The molecule has 2 rings (SSSR count). The van der Waals surface area contributed by atoms with Crippen LogP contribution in [0.1, 0.15) is 13.3 Å². The Balaban J connectivity index is 2.05. The van der Waals surface area contributed by atoms with Crippen LogP contribution in [0.2, 0.25) is 0 Å². The second-order valence-electron chi connectivity index (χ2n) is 4.06. The lowest BCUT2D eigenvalue weighted by molar-refractivity contribution is 0.216. The van der Waals surface area contributed by atoms with E-state index in [1.807, 2.05) is 13.0 Å². The van der Waals surface area contributed by atoms with Crippen LogP contribution in [0.3, 0.4) is 0 Å². The molecule has 100 valence electrons. The number of nitrogens with zero attached hydrogens (tertiary/aromatic N) is 3. The van der Waals surface area contributed by atoms with Crippen molar-refractivity contribution >= 4 is 10.3 Å². The third kappa shape index (κ3) is 2.75. The molecule has 1 fully saturated rings. The summed E-state index contributed by atoms with van der Waals surface area (Å²) in [7, 11) is -3.89. The lowest BCUT2D eigenvalue weighted by Crippen LogP contribution is -2.42. The highest BCUT2D eigenvalue weighted by Crippen LogP contribution is 2.23. The highest BCUT2D eigenvalue weighted by atomic mass is 32.2. The van der Waals surface area contributed by atoms with Gasteiger partial charge in [0.2, 0.25) is 6.17 Å². The highest BCUT2D eigenvalue weighted by Gasteiger charge is 2.38. The fraction of sp³-hybridized carbons (Fsp3) is 0.700. The first kappa shape index (κ1) is 13.1. The molecule has 2 unspecified atom stereocenters. The standard InChI is InChI=1S/C10H15N3O4S/c1-2-5-17-18(14,15)13-4-3-12(10(13)6-11)7-9-8-16-9/h3-4,9-10H,2,5,7-8H2,1H3.